The van der Waals surface area contributed by atoms with E-state index in [1.165, 1.54) is 5.56 Å². The van der Waals surface area contributed by atoms with Crippen molar-refractivity contribution < 1.29 is 4.74 Å². The lowest BCUT2D eigenvalue weighted by atomic mass is 9.72. The Kier molecular flexibility index (Phi) is 5.41. The average Bonchev–Trinajstić information content (AvgIpc) is 2.43. The molecular formula is C16H22N2OS. The zero-order valence-electron chi connectivity index (χ0n) is 12.4. The molecule has 2 rings (SSSR count). The second kappa shape index (κ2) is 7.07. The van der Waals surface area contributed by atoms with E-state index in [-0.39, 0.29) is 0 Å². The van der Waals surface area contributed by atoms with Crippen LogP contribution < -0.4 is 0 Å². The van der Waals surface area contributed by atoms with E-state index in [0.29, 0.717) is 23.9 Å². The van der Waals surface area contributed by atoms with E-state index in [4.69, 9.17) is 17.0 Å². The lowest BCUT2D eigenvalue weighted by Gasteiger charge is -2.39. The highest BCUT2D eigenvalue weighted by molar-refractivity contribution is 7.78. The zero-order valence-corrected chi connectivity index (χ0v) is 13.2. The number of rotatable bonds is 4. The van der Waals surface area contributed by atoms with Crippen LogP contribution in [0.2, 0.25) is 0 Å². The fraction of sp³-hybridized carbons (Fsp3) is 0.625. The highest BCUT2D eigenvalue weighted by atomic mass is 32.1. The van der Waals surface area contributed by atoms with Crippen LogP contribution in [0.3, 0.4) is 0 Å². The van der Waals surface area contributed by atoms with Crippen molar-refractivity contribution in [1.29, 1.82) is 0 Å². The molecular weight excluding hydrogens is 268 g/mol. The molecule has 1 aliphatic rings. The molecule has 108 valence electrons. The number of isothiocyanates is 1. The van der Waals surface area contributed by atoms with Crippen molar-refractivity contribution >= 4 is 23.1 Å². The molecule has 1 saturated carbocycles. The number of nitrogens with zero attached hydrogens (tertiary/aromatic N) is 2. The quantitative estimate of drug-likeness (QED) is 0.610. The summed E-state index contributed by atoms with van der Waals surface area (Å²) in [6, 6.07) is 2.07. The van der Waals surface area contributed by atoms with Gasteiger partial charge in [0, 0.05) is 12.8 Å². The summed E-state index contributed by atoms with van der Waals surface area (Å²) in [4.78, 5) is 8.29. The van der Waals surface area contributed by atoms with Crippen molar-refractivity contribution in [2.24, 2.45) is 16.8 Å². The van der Waals surface area contributed by atoms with Gasteiger partial charge in [-0.2, -0.15) is 4.99 Å². The molecule has 0 N–H and O–H groups in total. The molecule has 20 heavy (non-hydrogen) atoms. The van der Waals surface area contributed by atoms with E-state index in [1.807, 2.05) is 6.20 Å². The molecule has 1 aromatic rings. The SMILES string of the molecule is CCOC1[C@H](C)CC(c2ccncc2N=C=S)C[C@@H]1C. The summed E-state index contributed by atoms with van der Waals surface area (Å²) < 4.78 is 5.90. The van der Waals surface area contributed by atoms with Crippen LogP contribution in [0.15, 0.2) is 23.5 Å². The Hall–Kier alpha value is -1.09. The zero-order chi connectivity index (χ0) is 14.5. The maximum atomic E-state index is 5.90. The van der Waals surface area contributed by atoms with E-state index in [0.717, 1.165) is 25.1 Å². The Morgan fingerprint density at radius 2 is 2.10 bits per heavy atom. The minimum Gasteiger partial charge on any atom is -0.378 e. The minimum atomic E-state index is 0.371. The van der Waals surface area contributed by atoms with Gasteiger partial charge in [-0.3, -0.25) is 4.98 Å². The van der Waals surface area contributed by atoms with Gasteiger partial charge >= 0.3 is 0 Å². The van der Waals surface area contributed by atoms with E-state index in [1.54, 1.807) is 6.20 Å². The summed E-state index contributed by atoms with van der Waals surface area (Å²) in [6.45, 7) is 7.43. The normalized spacial score (nSPS) is 29.8. The molecule has 1 aromatic heterocycles. The summed E-state index contributed by atoms with van der Waals surface area (Å²) in [5.74, 6) is 1.61. The van der Waals surface area contributed by atoms with Gasteiger partial charge in [0.05, 0.1) is 23.1 Å². The molecule has 1 fully saturated rings. The Bertz CT molecular complexity index is 487. The topological polar surface area (TPSA) is 34.5 Å². The highest BCUT2D eigenvalue weighted by Gasteiger charge is 2.34. The summed E-state index contributed by atoms with van der Waals surface area (Å²) in [7, 11) is 0. The summed E-state index contributed by atoms with van der Waals surface area (Å²) in [5.41, 5.74) is 2.10. The standard InChI is InChI=1S/C16H22N2OS/c1-4-19-16-11(2)7-13(8-12(16)3)14-5-6-17-9-15(14)18-10-20/h5-6,9,11-13,16H,4,7-8H2,1-3H3/t11-,12+,13?,16?. The maximum absolute atomic E-state index is 5.90. The van der Waals surface area contributed by atoms with Crippen molar-refractivity contribution in [3.05, 3.63) is 24.0 Å². The first-order valence-electron chi connectivity index (χ1n) is 7.30. The van der Waals surface area contributed by atoms with Gasteiger partial charge in [-0.15, -0.1) is 0 Å². The molecule has 4 heteroatoms. The molecule has 3 nitrogen and oxygen atoms in total. The van der Waals surface area contributed by atoms with Gasteiger partial charge in [0.15, 0.2) is 0 Å². The minimum absolute atomic E-state index is 0.371. The van der Waals surface area contributed by atoms with Crippen LogP contribution in [-0.4, -0.2) is 22.9 Å². The maximum Gasteiger partial charge on any atom is 0.0957 e. The molecule has 1 aliphatic carbocycles. The Morgan fingerprint density at radius 3 is 2.70 bits per heavy atom. The molecule has 0 spiro atoms. The van der Waals surface area contributed by atoms with E-state index >= 15 is 0 Å². The van der Waals surface area contributed by atoms with Crippen LogP contribution in [0.25, 0.3) is 0 Å². The number of ether oxygens (including phenoxy) is 1. The second-order valence-electron chi connectivity index (χ2n) is 5.68. The first-order chi connectivity index (χ1) is 9.67. The number of hydrogen-bond acceptors (Lipinski definition) is 4. The predicted octanol–water partition coefficient (Wildman–Crippen LogP) is 4.37. The van der Waals surface area contributed by atoms with Crippen LogP contribution in [0.4, 0.5) is 5.69 Å². The fourth-order valence-corrected chi connectivity index (χ4v) is 3.58. The molecule has 4 atom stereocenters. The summed E-state index contributed by atoms with van der Waals surface area (Å²) in [6.07, 6.45) is 6.23. The molecule has 0 aliphatic heterocycles. The first-order valence-corrected chi connectivity index (χ1v) is 7.71. The number of pyridine rings is 1. The number of hydrogen-bond donors (Lipinski definition) is 0. The monoisotopic (exact) mass is 290 g/mol. The van der Waals surface area contributed by atoms with Crippen LogP contribution in [0, 0.1) is 11.8 Å². The lowest BCUT2D eigenvalue weighted by Crippen LogP contribution is -2.35. The van der Waals surface area contributed by atoms with Crippen LogP contribution in [0.5, 0.6) is 0 Å². The molecule has 1 heterocycles. The van der Waals surface area contributed by atoms with Crippen molar-refractivity contribution in [2.45, 2.75) is 45.6 Å². The van der Waals surface area contributed by atoms with E-state index < -0.39 is 0 Å². The smallest absolute Gasteiger partial charge is 0.0957 e. The molecule has 0 saturated heterocycles. The van der Waals surface area contributed by atoms with Crippen molar-refractivity contribution in [3.63, 3.8) is 0 Å². The number of aliphatic imine (C=N–C) groups is 1. The van der Waals surface area contributed by atoms with Crippen LogP contribution in [-0.2, 0) is 4.74 Å². The lowest BCUT2D eigenvalue weighted by molar-refractivity contribution is -0.0369. The van der Waals surface area contributed by atoms with E-state index in [2.05, 4.69) is 42.0 Å². The highest BCUT2D eigenvalue weighted by Crippen LogP contribution is 2.43. The molecule has 0 radical (unpaired) electrons. The molecule has 0 aromatic carbocycles. The van der Waals surface area contributed by atoms with Crippen LogP contribution in [0.1, 0.15) is 45.1 Å². The first kappa shape index (κ1) is 15.3. The Balaban J connectivity index is 2.21. The Morgan fingerprint density at radius 1 is 1.40 bits per heavy atom. The number of aromatic nitrogens is 1. The third-order valence-electron chi connectivity index (χ3n) is 4.23. The summed E-state index contributed by atoms with van der Waals surface area (Å²) in [5, 5.41) is 2.46. The van der Waals surface area contributed by atoms with E-state index in [9.17, 15) is 0 Å². The number of thiocarbonyl (C=S) groups is 1. The fourth-order valence-electron chi connectivity index (χ4n) is 3.48. The van der Waals surface area contributed by atoms with Crippen molar-refractivity contribution in [3.8, 4) is 0 Å². The third kappa shape index (κ3) is 3.32. The molecule has 0 amide bonds. The molecule has 2 unspecified atom stereocenters. The molecule has 0 bridgehead atoms. The second-order valence-corrected chi connectivity index (χ2v) is 5.86. The van der Waals surface area contributed by atoms with Gasteiger partial charge in [-0.05, 0) is 61.4 Å². The third-order valence-corrected chi connectivity index (χ3v) is 4.32. The van der Waals surface area contributed by atoms with Gasteiger partial charge in [0.2, 0.25) is 0 Å². The van der Waals surface area contributed by atoms with Crippen molar-refractivity contribution in [1.82, 2.24) is 4.98 Å². The van der Waals surface area contributed by atoms with Gasteiger partial charge in [0.1, 0.15) is 0 Å². The summed E-state index contributed by atoms with van der Waals surface area (Å²) >= 11 is 4.73. The van der Waals surface area contributed by atoms with Gasteiger partial charge in [-0.1, -0.05) is 13.8 Å². The average molecular weight is 290 g/mol. The largest absolute Gasteiger partial charge is 0.378 e. The van der Waals surface area contributed by atoms with Crippen LogP contribution >= 0.6 is 12.2 Å². The van der Waals surface area contributed by atoms with Crippen molar-refractivity contribution in [2.75, 3.05) is 6.61 Å². The predicted molar refractivity (Wildman–Crippen MR) is 84.6 cm³/mol. The van der Waals surface area contributed by atoms with Gasteiger partial charge < -0.3 is 4.74 Å². The van der Waals surface area contributed by atoms with Gasteiger partial charge in [0.25, 0.3) is 0 Å². The van der Waals surface area contributed by atoms with Gasteiger partial charge in [-0.25, -0.2) is 0 Å². The Labute approximate surface area is 126 Å².